The lowest BCUT2D eigenvalue weighted by atomic mass is 9.88. The van der Waals surface area contributed by atoms with Crippen LogP contribution >= 0.6 is 0 Å². The number of ether oxygens (including phenoxy) is 4. The van der Waals surface area contributed by atoms with Gasteiger partial charge in [0, 0.05) is 6.42 Å². The van der Waals surface area contributed by atoms with Gasteiger partial charge in [0.05, 0.1) is 43.6 Å². The Morgan fingerprint density at radius 3 is 1.59 bits per heavy atom. The van der Waals surface area contributed by atoms with E-state index < -0.39 is 142 Å². The minimum absolute atomic E-state index is 0.0656. The molecule has 0 radical (unpaired) electrons. The summed E-state index contributed by atoms with van der Waals surface area (Å²) in [6, 6.07) is -3.31. The summed E-state index contributed by atoms with van der Waals surface area (Å²) in [4.78, 5) is 38.5. The van der Waals surface area contributed by atoms with E-state index >= 15 is 0 Å². The molecule has 2 rings (SSSR count). The first-order valence-corrected chi connectivity index (χ1v) is 30.8. The molecule has 2 unspecified atom stereocenters. The Kier molecular flexibility index (Phi) is 39.3. The molecule has 2 amide bonds. The lowest BCUT2D eigenvalue weighted by Gasteiger charge is -2.47. The van der Waals surface area contributed by atoms with Crippen molar-refractivity contribution in [1.82, 2.24) is 10.6 Å². The van der Waals surface area contributed by atoms with E-state index in [1.54, 1.807) is 0 Å². The zero-order valence-electron chi connectivity index (χ0n) is 48.8. The van der Waals surface area contributed by atoms with Crippen LogP contribution in [-0.2, 0) is 33.3 Å². The average Bonchev–Trinajstić information content (AvgIpc) is 3.48. The van der Waals surface area contributed by atoms with Gasteiger partial charge < -0.3 is 96.6 Å². The summed E-state index contributed by atoms with van der Waals surface area (Å²) in [6.45, 7) is 3.51. The monoisotopic (exact) mass is 1150 g/mol. The number of nitrogens with one attached hydrogen (secondary N) is 2. The van der Waals surface area contributed by atoms with Crippen LogP contribution in [0.3, 0.4) is 0 Å². The molecule has 22 heteroatoms. The Morgan fingerprint density at radius 1 is 0.650 bits per heavy atom. The van der Waals surface area contributed by atoms with E-state index in [-0.39, 0.29) is 12.8 Å². The van der Waals surface area contributed by atoms with Crippen molar-refractivity contribution in [1.29, 1.82) is 0 Å². The highest BCUT2D eigenvalue weighted by Gasteiger charge is 2.57. The molecule has 16 N–H and O–H groups in total. The van der Waals surface area contributed by atoms with Crippen molar-refractivity contribution in [3.8, 4) is 0 Å². The van der Waals surface area contributed by atoms with Crippen LogP contribution in [0.25, 0.3) is 0 Å². The number of rotatable bonds is 48. The van der Waals surface area contributed by atoms with Crippen LogP contribution in [0.4, 0.5) is 0 Å². The van der Waals surface area contributed by atoms with Crippen molar-refractivity contribution in [3.63, 3.8) is 0 Å². The largest absolute Gasteiger partial charge is 0.477 e. The van der Waals surface area contributed by atoms with Gasteiger partial charge in [-0.3, -0.25) is 9.59 Å². The molecule has 80 heavy (non-hydrogen) atoms. The number of hydrogen-bond donors (Lipinski definition) is 15. The molecule has 0 aliphatic carbocycles. The molecule has 2 aliphatic heterocycles. The van der Waals surface area contributed by atoms with E-state index in [9.17, 15) is 75.7 Å². The van der Waals surface area contributed by atoms with Crippen molar-refractivity contribution >= 4 is 17.8 Å². The average molecular weight is 1150 g/mol. The van der Waals surface area contributed by atoms with Crippen LogP contribution in [0.5, 0.6) is 0 Å². The highest BCUT2D eigenvalue weighted by molar-refractivity contribution is 5.80. The first-order chi connectivity index (χ1) is 38.3. The summed E-state index contributed by atoms with van der Waals surface area (Å²) in [5, 5.41) is 133. The number of amides is 2. The van der Waals surface area contributed by atoms with Gasteiger partial charge in [0.1, 0.15) is 55.4 Å². The Morgan fingerprint density at radius 2 is 1.12 bits per heavy atom. The van der Waals surface area contributed by atoms with E-state index in [1.165, 1.54) is 103 Å². The molecule has 0 saturated carbocycles. The van der Waals surface area contributed by atoms with Gasteiger partial charge in [-0.2, -0.15) is 0 Å². The number of unbranched alkanes of at least 4 members (excludes halogenated alkanes) is 25. The van der Waals surface area contributed by atoms with Crippen LogP contribution in [0.15, 0.2) is 0 Å². The SMILES string of the molecule is CCCCCCCCCCCCCCCCCCCCCC[C@@H](O)C(=O)NC(O[C@@H]1O[C@H](CO[C@]2(C(=O)O)C[C@H](O)[C@@H](NC(=O)CO)[C@H]([C@H](O)[C@H](O)CO)O2)[C@@H](O)[C@H](O)[C@H]1O)[C@@H](N)[C@H](O)[C@H](O)CCCCCCCCCC(C)CC. The van der Waals surface area contributed by atoms with Crippen molar-refractivity contribution in [2.45, 2.75) is 324 Å². The van der Waals surface area contributed by atoms with Gasteiger partial charge in [0.25, 0.3) is 11.7 Å². The number of carboxylic acids is 1. The third kappa shape index (κ3) is 27.7. The number of aliphatic hydroxyl groups excluding tert-OH is 11. The maximum absolute atomic E-state index is 13.6. The zero-order valence-corrected chi connectivity index (χ0v) is 48.8. The fourth-order valence-electron chi connectivity index (χ4n) is 10.5. The topological polar surface area (TPSA) is 381 Å². The number of carbonyl (C=O) groups excluding carboxylic acids is 2. The second-order valence-electron chi connectivity index (χ2n) is 23.0. The Bertz CT molecular complexity index is 1610. The predicted octanol–water partition coefficient (Wildman–Crippen LogP) is 3.57. The molecule has 2 fully saturated rings. The highest BCUT2D eigenvalue weighted by atomic mass is 16.7. The normalized spacial score (nSPS) is 26.4. The first-order valence-electron chi connectivity index (χ1n) is 30.8. The molecule has 17 atom stereocenters. The molecule has 22 nitrogen and oxygen atoms in total. The molecule has 472 valence electrons. The molecule has 0 aromatic rings. The summed E-state index contributed by atoms with van der Waals surface area (Å²) in [6.07, 6.45) is 7.52. The van der Waals surface area contributed by atoms with E-state index in [0.717, 1.165) is 70.6 Å². The number of carbonyl (C=O) groups is 3. The van der Waals surface area contributed by atoms with Crippen LogP contribution in [-0.4, -0.2) is 196 Å². The van der Waals surface area contributed by atoms with E-state index in [4.69, 9.17) is 24.7 Å². The maximum atomic E-state index is 13.6. The van der Waals surface area contributed by atoms with Crippen molar-refractivity contribution in [3.05, 3.63) is 0 Å². The van der Waals surface area contributed by atoms with Gasteiger partial charge in [-0.15, -0.1) is 0 Å². The summed E-state index contributed by atoms with van der Waals surface area (Å²) in [7, 11) is 0. The van der Waals surface area contributed by atoms with E-state index in [0.29, 0.717) is 18.8 Å². The summed E-state index contributed by atoms with van der Waals surface area (Å²) >= 11 is 0. The molecular weight excluding hydrogens is 1040 g/mol. The smallest absolute Gasteiger partial charge is 0.364 e. The zero-order chi connectivity index (χ0) is 59.5. The molecule has 2 aliphatic rings. The number of nitrogens with two attached hydrogens (primary N) is 1. The van der Waals surface area contributed by atoms with Gasteiger partial charge in [-0.25, -0.2) is 4.79 Å². The standard InChI is InChI=1S/C58H111N3O19/c1-4-6-7-8-9-10-11-12-13-14-15-16-17-18-19-20-21-24-28-31-34-41(65)54(74)61-55(46(59)48(69)40(64)33-30-27-25-22-23-26-29-32-39(3)5-2)79-56-52(73)51(72)50(71)44(78-56)38-77-58(57(75)76)35-42(66)47(60-45(68)37-63)53(80-58)49(70)43(67)36-62/h39-44,46-53,55-56,62-67,69-73H,4-38,59H2,1-3H3,(H,60,68)(H,61,74)(H,75,76)/t39?,40-,41-,42+,43-,44-,46+,47-,48-,49-,50-,51+,52-,53-,55?,56+,58-/m1/s1. The molecule has 2 saturated heterocycles. The lowest BCUT2D eigenvalue weighted by molar-refractivity contribution is -0.344. The predicted molar refractivity (Wildman–Crippen MR) is 299 cm³/mol. The molecule has 0 bridgehead atoms. The van der Waals surface area contributed by atoms with Crippen LogP contribution in [0, 0.1) is 5.92 Å². The van der Waals surface area contributed by atoms with E-state index in [2.05, 4.69) is 31.4 Å². The van der Waals surface area contributed by atoms with Gasteiger partial charge in [0.2, 0.25) is 5.91 Å². The number of aliphatic hydroxyl groups is 11. The fraction of sp³-hybridized carbons (Fsp3) is 0.948. The third-order valence-electron chi connectivity index (χ3n) is 16.2. The summed E-state index contributed by atoms with van der Waals surface area (Å²) < 4.78 is 22.9. The molecule has 0 aromatic heterocycles. The quantitative estimate of drug-likeness (QED) is 0.0306. The van der Waals surface area contributed by atoms with Gasteiger partial charge in [0.15, 0.2) is 12.5 Å². The van der Waals surface area contributed by atoms with E-state index in [1.807, 2.05) is 0 Å². The Hall–Kier alpha value is -2.23. The molecule has 2 heterocycles. The number of aliphatic carboxylic acids is 1. The van der Waals surface area contributed by atoms with Crippen molar-refractivity contribution in [2.75, 3.05) is 19.8 Å². The number of hydrogen-bond acceptors (Lipinski definition) is 19. The number of carboxylic acid groups (broad SMARTS) is 1. The molecule has 0 aromatic carbocycles. The maximum Gasteiger partial charge on any atom is 0.364 e. The Labute approximate surface area is 476 Å². The van der Waals surface area contributed by atoms with Crippen LogP contribution < -0.4 is 16.4 Å². The molecular formula is C58H111N3O19. The second kappa shape index (κ2) is 42.6. The first kappa shape index (κ1) is 73.9. The van der Waals surface area contributed by atoms with Crippen LogP contribution in [0.2, 0.25) is 0 Å². The minimum Gasteiger partial charge on any atom is -0.477 e. The second-order valence-corrected chi connectivity index (χ2v) is 23.0. The van der Waals surface area contributed by atoms with Crippen molar-refractivity contribution < 1.29 is 94.6 Å². The lowest BCUT2D eigenvalue weighted by Crippen LogP contribution is -2.69. The van der Waals surface area contributed by atoms with Crippen molar-refractivity contribution in [2.24, 2.45) is 11.7 Å². The summed E-state index contributed by atoms with van der Waals surface area (Å²) in [5.41, 5.74) is 6.49. The van der Waals surface area contributed by atoms with Crippen LogP contribution in [0.1, 0.15) is 226 Å². The van der Waals surface area contributed by atoms with Gasteiger partial charge in [-0.05, 0) is 18.8 Å². The van der Waals surface area contributed by atoms with Gasteiger partial charge >= 0.3 is 5.97 Å². The highest BCUT2D eigenvalue weighted by Crippen LogP contribution is 2.35. The minimum atomic E-state index is -2.94. The van der Waals surface area contributed by atoms with Gasteiger partial charge in [-0.1, -0.05) is 207 Å². The Balaban J connectivity index is 2.08. The third-order valence-corrected chi connectivity index (χ3v) is 16.2. The fourth-order valence-corrected chi connectivity index (χ4v) is 10.5. The summed E-state index contributed by atoms with van der Waals surface area (Å²) in [5.74, 6) is -6.18. The molecule has 0 spiro atoms.